The number of nitrogens with one attached hydrogen (secondary N) is 1. The number of hydrogen-bond donors (Lipinski definition) is 2. The monoisotopic (exact) mass is 201 g/mol. The summed E-state index contributed by atoms with van der Waals surface area (Å²) in [7, 11) is 1.53. The van der Waals surface area contributed by atoms with E-state index in [1.165, 1.54) is 11.9 Å². The fourth-order valence-electron chi connectivity index (χ4n) is 1.40. The first-order chi connectivity index (χ1) is 6.70. The molecule has 1 aliphatic heterocycles. The highest BCUT2D eigenvalue weighted by Crippen LogP contribution is 2.06. The first kappa shape index (κ1) is 10.9. The average molecular weight is 201 g/mol. The van der Waals surface area contributed by atoms with E-state index in [9.17, 15) is 9.59 Å². The number of amides is 2. The third-order valence-electron chi connectivity index (χ3n) is 2.17. The lowest BCUT2D eigenvalue weighted by Crippen LogP contribution is -2.56. The summed E-state index contributed by atoms with van der Waals surface area (Å²) >= 11 is 0. The van der Waals surface area contributed by atoms with Gasteiger partial charge in [0.2, 0.25) is 11.8 Å². The molecule has 6 nitrogen and oxygen atoms in total. The summed E-state index contributed by atoms with van der Waals surface area (Å²) in [5, 5.41) is 2.49. The second-order valence-corrected chi connectivity index (χ2v) is 3.00. The standard InChI is InChI=1S/C8H15N3O3/c1-10-8(13)6-5-14-3-2-11(6)7(12)4-9/h6H,2-5,9H2,1H3,(H,10,13). The van der Waals surface area contributed by atoms with Crippen LogP contribution in [-0.4, -0.2) is 56.1 Å². The van der Waals surface area contributed by atoms with Crippen LogP contribution in [-0.2, 0) is 14.3 Å². The molecule has 1 atom stereocenters. The van der Waals surface area contributed by atoms with E-state index in [2.05, 4.69) is 5.32 Å². The Morgan fingerprint density at radius 3 is 2.93 bits per heavy atom. The third kappa shape index (κ3) is 2.21. The van der Waals surface area contributed by atoms with Crippen LogP contribution in [0, 0.1) is 0 Å². The first-order valence-corrected chi connectivity index (χ1v) is 4.49. The summed E-state index contributed by atoms with van der Waals surface area (Å²) in [6.45, 7) is 1.05. The highest BCUT2D eigenvalue weighted by molar-refractivity contribution is 5.88. The van der Waals surface area contributed by atoms with Gasteiger partial charge in [0.15, 0.2) is 0 Å². The number of ether oxygens (including phenoxy) is 1. The molecule has 2 amide bonds. The normalized spacial score (nSPS) is 21.9. The van der Waals surface area contributed by atoms with Crippen molar-refractivity contribution in [1.29, 1.82) is 0 Å². The molecule has 1 rings (SSSR count). The number of nitrogens with two attached hydrogens (primary N) is 1. The Kier molecular flexibility index (Phi) is 3.84. The van der Waals surface area contributed by atoms with Gasteiger partial charge in [-0.2, -0.15) is 0 Å². The van der Waals surface area contributed by atoms with Crippen molar-refractivity contribution in [2.24, 2.45) is 5.73 Å². The van der Waals surface area contributed by atoms with E-state index in [4.69, 9.17) is 10.5 Å². The number of nitrogens with zero attached hydrogens (tertiary/aromatic N) is 1. The van der Waals surface area contributed by atoms with Gasteiger partial charge in [0, 0.05) is 13.6 Å². The van der Waals surface area contributed by atoms with Crippen molar-refractivity contribution in [1.82, 2.24) is 10.2 Å². The molecule has 1 aliphatic rings. The summed E-state index contributed by atoms with van der Waals surface area (Å²) < 4.78 is 5.13. The SMILES string of the molecule is CNC(=O)C1COCCN1C(=O)CN. The van der Waals surface area contributed by atoms with Gasteiger partial charge in [-0.15, -0.1) is 0 Å². The smallest absolute Gasteiger partial charge is 0.244 e. The molecule has 1 heterocycles. The van der Waals surface area contributed by atoms with Crippen LogP contribution in [0.25, 0.3) is 0 Å². The molecule has 14 heavy (non-hydrogen) atoms. The van der Waals surface area contributed by atoms with Gasteiger partial charge in [0.05, 0.1) is 19.8 Å². The largest absolute Gasteiger partial charge is 0.377 e. The molecule has 0 saturated carbocycles. The summed E-state index contributed by atoms with van der Waals surface area (Å²) in [5.74, 6) is -0.437. The molecule has 0 aromatic heterocycles. The zero-order chi connectivity index (χ0) is 10.6. The van der Waals surface area contributed by atoms with Crippen molar-refractivity contribution in [2.75, 3.05) is 33.4 Å². The van der Waals surface area contributed by atoms with Crippen LogP contribution >= 0.6 is 0 Å². The van der Waals surface area contributed by atoms with E-state index in [-0.39, 0.29) is 25.0 Å². The Morgan fingerprint density at radius 1 is 1.64 bits per heavy atom. The summed E-state index contributed by atoms with van der Waals surface area (Å²) in [6.07, 6.45) is 0. The first-order valence-electron chi connectivity index (χ1n) is 4.49. The van der Waals surface area contributed by atoms with Crippen LogP contribution in [0.5, 0.6) is 0 Å². The Labute approximate surface area is 82.4 Å². The van der Waals surface area contributed by atoms with E-state index in [1.54, 1.807) is 0 Å². The molecule has 1 fully saturated rings. The molecule has 0 spiro atoms. The maximum atomic E-state index is 11.4. The average Bonchev–Trinajstić information content (AvgIpc) is 2.27. The van der Waals surface area contributed by atoms with E-state index in [1.807, 2.05) is 0 Å². The molecule has 0 aromatic carbocycles. The van der Waals surface area contributed by atoms with Gasteiger partial charge >= 0.3 is 0 Å². The summed E-state index contributed by atoms with van der Waals surface area (Å²) in [6, 6.07) is -0.537. The molecular weight excluding hydrogens is 186 g/mol. The van der Waals surface area contributed by atoms with Crippen molar-refractivity contribution in [3.8, 4) is 0 Å². The van der Waals surface area contributed by atoms with Gasteiger partial charge in [-0.1, -0.05) is 0 Å². The number of morpholine rings is 1. The lowest BCUT2D eigenvalue weighted by molar-refractivity contribution is -0.147. The second-order valence-electron chi connectivity index (χ2n) is 3.00. The maximum absolute atomic E-state index is 11.4. The zero-order valence-electron chi connectivity index (χ0n) is 8.16. The fraction of sp³-hybridized carbons (Fsp3) is 0.750. The predicted molar refractivity (Wildman–Crippen MR) is 49.4 cm³/mol. The van der Waals surface area contributed by atoms with Crippen molar-refractivity contribution in [3.63, 3.8) is 0 Å². The quantitative estimate of drug-likeness (QED) is 0.537. The van der Waals surface area contributed by atoms with Crippen molar-refractivity contribution < 1.29 is 14.3 Å². The van der Waals surface area contributed by atoms with Crippen LogP contribution in [0.3, 0.4) is 0 Å². The molecule has 0 radical (unpaired) electrons. The topological polar surface area (TPSA) is 84.7 Å². The van der Waals surface area contributed by atoms with Gasteiger partial charge in [-0.05, 0) is 0 Å². The number of carbonyl (C=O) groups excluding carboxylic acids is 2. The number of rotatable bonds is 2. The lowest BCUT2D eigenvalue weighted by atomic mass is 10.2. The number of hydrogen-bond acceptors (Lipinski definition) is 4. The summed E-state index contributed by atoms with van der Waals surface area (Å²) in [5.41, 5.74) is 5.24. The predicted octanol–water partition coefficient (Wildman–Crippen LogP) is -2.08. The molecule has 0 bridgehead atoms. The van der Waals surface area contributed by atoms with E-state index >= 15 is 0 Å². The van der Waals surface area contributed by atoms with E-state index in [0.717, 1.165) is 0 Å². The Morgan fingerprint density at radius 2 is 2.36 bits per heavy atom. The molecule has 1 unspecified atom stereocenters. The van der Waals surface area contributed by atoms with Crippen LogP contribution < -0.4 is 11.1 Å². The minimum absolute atomic E-state index is 0.0759. The van der Waals surface area contributed by atoms with E-state index in [0.29, 0.717) is 13.2 Å². The highest BCUT2D eigenvalue weighted by atomic mass is 16.5. The molecule has 6 heteroatoms. The second kappa shape index (κ2) is 4.92. The molecular formula is C8H15N3O3. The Bertz CT molecular complexity index is 208. The lowest BCUT2D eigenvalue weighted by Gasteiger charge is -2.33. The molecule has 0 aromatic rings. The van der Waals surface area contributed by atoms with Gasteiger partial charge in [0.1, 0.15) is 6.04 Å². The third-order valence-corrected chi connectivity index (χ3v) is 2.17. The van der Waals surface area contributed by atoms with Crippen LogP contribution in [0.1, 0.15) is 0 Å². The molecule has 80 valence electrons. The maximum Gasteiger partial charge on any atom is 0.244 e. The van der Waals surface area contributed by atoms with Crippen LogP contribution in [0.15, 0.2) is 0 Å². The van der Waals surface area contributed by atoms with Gasteiger partial charge in [0.25, 0.3) is 0 Å². The van der Waals surface area contributed by atoms with Crippen molar-refractivity contribution in [2.45, 2.75) is 6.04 Å². The molecule has 1 saturated heterocycles. The van der Waals surface area contributed by atoms with Crippen molar-refractivity contribution >= 4 is 11.8 Å². The van der Waals surface area contributed by atoms with Crippen LogP contribution in [0.4, 0.5) is 0 Å². The van der Waals surface area contributed by atoms with Gasteiger partial charge in [-0.3, -0.25) is 9.59 Å². The number of likely N-dealkylation sites (N-methyl/N-ethyl adjacent to an activating group) is 1. The van der Waals surface area contributed by atoms with Gasteiger partial charge < -0.3 is 20.7 Å². The highest BCUT2D eigenvalue weighted by Gasteiger charge is 2.31. The number of carbonyl (C=O) groups is 2. The fourth-order valence-corrected chi connectivity index (χ4v) is 1.40. The zero-order valence-corrected chi connectivity index (χ0v) is 8.16. The minimum atomic E-state index is -0.537. The Hall–Kier alpha value is -1.14. The molecule has 3 N–H and O–H groups in total. The summed E-state index contributed by atoms with van der Waals surface area (Å²) in [4.78, 5) is 24.2. The molecule has 0 aliphatic carbocycles. The minimum Gasteiger partial charge on any atom is -0.377 e. The Balaban J connectivity index is 2.68. The van der Waals surface area contributed by atoms with Crippen molar-refractivity contribution in [3.05, 3.63) is 0 Å². The van der Waals surface area contributed by atoms with Gasteiger partial charge in [-0.25, -0.2) is 0 Å². The van der Waals surface area contributed by atoms with Crippen LogP contribution in [0.2, 0.25) is 0 Å². The van der Waals surface area contributed by atoms with E-state index < -0.39 is 6.04 Å².